The molecular weight excluding hydrogens is 280 g/mol. The summed E-state index contributed by atoms with van der Waals surface area (Å²) in [6.07, 6.45) is 3.38. The van der Waals surface area contributed by atoms with Gasteiger partial charge in [-0.2, -0.15) is 10.2 Å². The van der Waals surface area contributed by atoms with Crippen molar-refractivity contribution in [2.24, 2.45) is 0 Å². The molecule has 2 aromatic heterocycles. The Hall–Kier alpha value is -2.88. The fourth-order valence-corrected chi connectivity index (χ4v) is 2.44. The van der Waals surface area contributed by atoms with E-state index in [1.54, 1.807) is 25.6 Å². The van der Waals surface area contributed by atoms with Crippen molar-refractivity contribution in [3.05, 3.63) is 36.3 Å². The minimum Gasteiger partial charge on any atom is -0.481 e. The number of nitriles is 1. The molecule has 0 spiro atoms. The third-order valence-electron chi connectivity index (χ3n) is 3.61. The highest BCUT2D eigenvalue weighted by molar-refractivity contribution is 5.50. The second kappa shape index (κ2) is 6.26. The monoisotopic (exact) mass is 296 g/mol. The van der Waals surface area contributed by atoms with Crippen LogP contribution >= 0.6 is 0 Å². The summed E-state index contributed by atoms with van der Waals surface area (Å²) in [6.45, 7) is 3.32. The zero-order valence-electron chi connectivity index (χ0n) is 12.3. The van der Waals surface area contributed by atoms with E-state index in [2.05, 4.69) is 30.8 Å². The molecule has 0 bridgehead atoms. The van der Waals surface area contributed by atoms with Crippen molar-refractivity contribution in [3.63, 3.8) is 0 Å². The fourth-order valence-electron chi connectivity index (χ4n) is 2.44. The average Bonchev–Trinajstić information content (AvgIpc) is 2.62. The number of ether oxygens (including phenoxy) is 1. The van der Waals surface area contributed by atoms with Gasteiger partial charge < -0.3 is 14.5 Å². The van der Waals surface area contributed by atoms with Gasteiger partial charge in [-0.3, -0.25) is 0 Å². The Labute approximate surface area is 128 Å². The molecule has 7 heteroatoms. The molecule has 7 nitrogen and oxygen atoms in total. The lowest BCUT2D eigenvalue weighted by Crippen LogP contribution is -2.47. The number of hydrogen-bond acceptors (Lipinski definition) is 7. The Kier molecular flexibility index (Phi) is 4.01. The van der Waals surface area contributed by atoms with E-state index < -0.39 is 0 Å². The van der Waals surface area contributed by atoms with E-state index in [0.29, 0.717) is 17.5 Å². The maximum absolute atomic E-state index is 8.93. The molecule has 2 aromatic rings. The zero-order valence-corrected chi connectivity index (χ0v) is 12.3. The van der Waals surface area contributed by atoms with Crippen molar-refractivity contribution in [1.29, 1.82) is 5.26 Å². The first-order chi connectivity index (χ1) is 10.8. The van der Waals surface area contributed by atoms with Gasteiger partial charge in [0.2, 0.25) is 11.8 Å². The van der Waals surface area contributed by atoms with Crippen molar-refractivity contribution in [3.8, 4) is 11.9 Å². The first kappa shape index (κ1) is 14.1. The number of piperazine rings is 1. The molecule has 3 heterocycles. The minimum atomic E-state index is 0.441. The zero-order chi connectivity index (χ0) is 15.4. The predicted octanol–water partition coefficient (Wildman–Crippen LogP) is 1.08. The van der Waals surface area contributed by atoms with Gasteiger partial charge >= 0.3 is 0 Å². The van der Waals surface area contributed by atoms with Crippen LogP contribution in [-0.2, 0) is 0 Å². The highest BCUT2D eigenvalue weighted by Crippen LogP contribution is 2.19. The van der Waals surface area contributed by atoms with E-state index in [-0.39, 0.29) is 0 Å². The molecule has 0 radical (unpaired) electrons. The highest BCUT2D eigenvalue weighted by Gasteiger charge is 2.19. The van der Waals surface area contributed by atoms with Crippen molar-refractivity contribution >= 4 is 11.6 Å². The average molecular weight is 296 g/mol. The van der Waals surface area contributed by atoms with Gasteiger partial charge in [-0.25, -0.2) is 9.97 Å². The Morgan fingerprint density at radius 2 is 1.82 bits per heavy atom. The Morgan fingerprint density at radius 1 is 1.09 bits per heavy atom. The van der Waals surface area contributed by atoms with Gasteiger partial charge in [0.05, 0.1) is 7.11 Å². The van der Waals surface area contributed by atoms with Crippen LogP contribution in [0.4, 0.5) is 11.6 Å². The molecule has 1 saturated heterocycles. The van der Waals surface area contributed by atoms with E-state index in [1.807, 2.05) is 12.1 Å². The van der Waals surface area contributed by atoms with Crippen LogP contribution < -0.4 is 14.5 Å². The lowest BCUT2D eigenvalue weighted by molar-refractivity contribution is 0.396. The molecular formula is C15H16N6O. The number of anilines is 2. The summed E-state index contributed by atoms with van der Waals surface area (Å²) in [5.74, 6) is 1.26. The number of nitrogens with zero attached hydrogens (tertiary/aromatic N) is 6. The molecule has 1 aliphatic rings. The molecule has 22 heavy (non-hydrogen) atoms. The van der Waals surface area contributed by atoms with Crippen LogP contribution in [0.5, 0.6) is 5.88 Å². The largest absolute Gasteiger partial charge is 0.481 e. The second-order valence-electron chi connectivity index (χ2n) is 4.88. The number of aromatic nitrogens is 3. The summed E-state index contributed by atoms with van der Waals surface area (Å²) >= 11 is 0. The number of methoxy groups -OCH3 is 1. The Bertz CT molecular complexity index is 690. The molecule has 1 aliphatic heterocycles. The van der Waals surface area contributed by atoms with Gasteiger partial charge in [0.15, 0.2) is 0 Å². The Balaban J connectivity index is 1.68. The van der Waals surface area contributed by atoms with Crippen LogP contribution in [0.25, 0.3) is 0 Å². The fraction of sp³-hybridized carbons (Fsp3) is 0.333. The standard InChI is InChI=1S/C15H16N6O/c1-22-14-3-5-18-15(19-14)21-8-6-20(7-9-21)13-2-4-17-12(10-13)11-16/h2-5,10H,6-9H2,1H3. The maximum atomic E-state index is 8.93. The van der Waals surface area contributed by atoms with Gasteiger partial charge in [-0.15, -0.1) is 0 Å². The number of hydrogen-bond donors (Lipinski definition) is 0. The molecule has 0 amide bonds. The normalized spacial score (nSPS) is 14.5. The second-order valence-corrected chi connectivity index (χ2v) is 4.88. The van der Waals surface area contributed by atoms with Crippen LogP contribution in [0.15, 0.2) is 30.6 Å². The van der Waals surface area contributed by atoms with E-state index in [0.717, 1.165) is 31.9 Å². The van der Waals surface area contributed by atoms with E-state index in [4.69, 9.17) is 10.00 Å². The first-order valence-corrected chi connectivity index (χ1v) is 7.03. The predicted molar refractivity (Wildman–Crippen MR) is 82.0 cm³/mol. The minimum absolute atomic E-state index is 0.441. The summed E-state index contributed by atoms with van der Waals surface area (Å²) < 4.78 is 5.14. The summed E-state index contributed by atoms with van der Waals surface area (Å²) in [4.78, 5) is 17.0. The molecule has 3 rings (SSSR count). The molecule has 0 unspecified atom stereocenters. The van der Waals surface area contributed by atoms with Gasteiger partial charge in [0, 0.05) is 50.3 Å². The summed E-state index contributed by atoms with van der Waals surface area (Å²) in [6, 6.07) is 7.55. The highest BCUT2D eigenvalue weighted by atomic mass is 16.5. The van der Waals surface area contributed by atoms with Crippen molar-refractivity contribution in [1.82, 2.24) is 15.0 Å². The van der Waals surface area contributed by atoms with Gasteiger partial charge in [-0.05, 0) is 12.1 Å². The van der Waals surface area contributed by atoms with E-state index in [1.165, 1.54) is 0 Å². The van der Waals surface area contributed by atoms with Crippen LogP contribution in [0.2, 0.25) is 0 Å². The summed E-state index contributed by atoms with van der Waals surface area (Å²) in [5, 5.41) is 8.93. The SMILES string of the molecule is COc1ccnc(N2CCN(c3ccnc(C#N)c3)CC2)n1. The summed E-state index contributed by atoms with van der Waals surface area (Å²) in [5.41, 5.74) is 1.47. The van der Waals surface area contributed by atoms with Crippen LogP contribution in [-0.4, -0.2) is 48.2 Å². The number of rotatable bonds is 3. The smallest absolute Gasteiger partial charge is 0.228 e. The lowest BCUT2D eigenvalue weighted by Gasteiger charge is -2.36. The molecule has 0 aliphatic carbocycles. The van der Waals surface area contributed by atoms with Gasteiger partial charge in [-0.1, -0.05) is 0 Å². The van der Waals surface area contributed by atoms with Crippen LogP contribution in [0.3, 0.4) is 0 Å². The van der Waals surface area contributed by atoms with Crippen LogP contribution in [0, 0.1) is 11.3 Å². The number of pyridine rings is 1. The molecule has 0 aromatic carbocycles. The van der Waals surface area contributed by atoms with Gasteiger partial charge in [0.25, 0.3) is 0 Å². The third-order valence-corrected chi connectivity index (χ3v) is 3.61. The molecule has 112 valence electrons. The quantitative estimate of drug-likeness (QED) is 0.838. The van der Waals surface area contributed by atoms with E-state index in [9.17, 15) is 0 Å². The molecule has 0 atom stereocenters. The third kappa shape index (κ3) is 2.91. The summed E-state index contributed by atoms with van der Waals surface area (Å²) in [7, 11) is 1.60. The van der Waals surface area contributed by atoms with Crippen molar-refractivity contribution in [2.75, 3.05) is 43.1 Å². The lowest BCUT2D eigenvalue weighted by atomic mass is 10.2. The van der Waals surface area contributed by atoms with Gasteiger partial charge in [0.1, 0.15) is 11.8 Å². The first-order valence-electron chi connectivity index (χ1n) is 7.03. The van der Waals surface area contributed by atoms with Crippen molar-refractivity contribution in [2.45, 2.75) is 0 Å². The topological polar surface area (TPSA) is 78.2 Å². The van der Waals surface area contributed by atoms with Crippen LogP contribution in [0.1, 0.15) is 5.69 Å². The molecule has 0 saturated carbocycles. The van der Waals surface area contributed by atoms with Crippen molar-refractivity contribution < 1.29 is 4.74 Å². The maximum Gasteiger partial charge on any atom is 0.228 e. The molecule has 0 N–H and O–H groups in total. The van der Waals surface area contributed by atoms with E-state index >= 15 is 0 Å². The Morgan fingerprint density at radius 3 is 2.55 bits per heavy atom. The molecule has 1 fully saturated rings.